The van der Waals surface area contributed by atoms with Crippen molar-refractivity contribution in [2.24, 2.45) is 5.92 Å². The number of hydrogen-bond acceptors (Lipinski definition) is 2. The normalized spacial score (nSPS) is 14.4. The molecule has 1 aliphatic rings. The van der Waals surface area contributed by atoms with E-state index >= 15 is 0 Å². The van der Waals surface area contributed by atoms with E-state index in [1.165, 1.54) is 0 Å². The van der Waals surface area contributed by atoms with Crippen LogP contribution in [-0.4, -0.2) is 21.7 Å². The van der Waals surface area contributed by atoms with Crippen molar-refractivity contribution in [3.05, 3.63) is 46.2 Å². The summed E-state index contributed by atoms with van der Waals surface area (Å²) in [6, 6.07) is 7.94. The number of nitrogens with zero attached hydrogens (tertiary/aromatic N) is 2. The van der Waals surface area contributed by atoms with Crippen LogP contribution in [0.1, 0.15) is 68.2 Å². The molecule has 5 heteroatoms. The Bertz CT molecular complexity index is 758. The summed E-state index contributed by atoms with van der Waals surface area (Å²) in [7, 11) is 0. The van der Waals surface area contributed by atoms with E-state index in [4.69, 9.17) is 16.7 Å². The Morgan fingerprint density at radius 2 is 1.88 bits per heavy atom. The summed E-state index contributed by atoms with van der Waals surface area (Å²) in [4.78, 5) is 12.9. The first-order valence-corrected chi connectivity index (χ1v) is 9.43. The topological polar surface area (TPSA) is 46.9 Å². The van der Waals surface area contributed by atoms with Crippen LogP contribution in [0.5, 0.6) is 0 Å². The second kappa shape index (κ2) is 7.20. The first-order chi connectivity index (χ1) is 11.9. The minimum absolute atomic E-state index is 0.0158. The number of rotatable bonds is 6. The van der Waals surface area contributed by atoms with Gasteiger partial charge in [0.1, 0.15) is 0 Å². The zero-order valence-corrected chi connectivity index (χ0v) is 16.1. The summed E-state index contributed by atoms with van der Waals surface area (Å²) in [5.41, 5.74) is 3.54. The van der Waals surface area contributed by atoms with Gasteiger partial charge >= 0.3 is 0 Å². The molecule has 1 saturated carbocycles. The van der Waals surface area contributed by atoms with E-state index in [1.807, 2.05) is 28.9 Å². The van der Waals surface area contributed by atoms with Crippen molar-refractivity contribution in [3.63, 3.8) is 0 Å². The number of amides is 1. The van der Waals surface area contributed by atoms with Crippen LogP contribution in [0.2, 0.25) is 5.02 Å². The van der Waals surface area contributed by atoms with E-state index in [1.54, 1.807) is 0 Å². The molecule has 0 aliphatic heterocycles. The molecule has 25 heavy (non-hydrogen) atoms. The molecule has 1 N–H and O–H groups in total. The number of nitrogens with one attached hydrogen (secondary N) is 1. The largest absolute Gasteiger partial charge is 0.349 e. The summed E-state index contributed by atoms with van der Waals surface area (Å²) >= 11 is 6.03. The van der Waals surface area contributed by atoms with E-state index in [-0.39, 0.29) is 11.8 Å². The van der Waals surface area contributed by atoms with Crippen LogP contribution in [0.15, 0.2) is 24.3 Å². The van der Waals surface area contributed by atoms with E-state index < -0.39 is 0 Å². The molecule has 2 aromatic rings. The third-order valence-electron chi connectivity index (χ3n) is 4.35. The highest BCUT2D eigenvalue weighted by Gasteiger charge is 2.30. The third-order valence-corrected chi connectivity index (χ3v) is 4.60. The molecule has 1 heterocycles. The molecule has 134 valence electrons. The molecule has 0 bridgehead atoms. The van der Waals surface area contributed by atoms with Crippen molar-refractivity contribution in [2.45, 2.75) is 58.9 Å². The molecule has 0 spiro atoms. The fourth-order valence-electron chi connectivity index (χ4n) is 3.05. The maximum Gasteiger partial charge on any atom is 0.255 e. The first kappa shape index (κ1) is 18.0. The van der Waals surface area contributed by atoms with Crippen LogP contribution in [0.3, 0.4) is 0 Å². The Morgan fingerprint density at radius 3 is 2.40 bits per heavy atom. The zero-order chi connectivity index (χ0) is 18.1. The van der Waals surface area contributed by atoms with Crippen LogP contribution in [0.25, 0.3) is 5.69 Å². The summed E-state index contributed by atoms with van der Waals surface area (Å²) in [6.45, 7) is 8.52. The molecular formula is C20H26ClN3O. The van der Waals surface area contributed by atoms with Gasteiger partial charge in [-0.25, -0.2) is 4.68 Å². The Hall–Kier alpha value is -1.81. The number of hydrogen-bond donors (Lipinski definition) is 1. The van der Waals surface area contributed by atoms with Gasteiger partial charge in [-0.3, -0.25) is 4.79 Å². The van der Waals surface area contributed by atoms with Gasteiger partial charge in [0.15, 0.2) is 0 Å². The maximum absolute atomic E-state index is 12.9. The van der Waals surface area contributed by atoms with Crippen LogP contribution in [0, 0.1) is 5.92 Å². The molecule has 0 radical (unpaired) electrons. The minimum Gasteiger partial charge on any atom is -0.349 e. The third kappa shape index (κ3) is 4.06. The molecule has 0 atom stereocenters. The number of carbonyl (C=O) groups excluding carboxylic acids is 1. The van der Waals surface area contributed by atoms with Crippen LogP contribution in [0.4, 0.5) is 0 Å². The van der Waals surface area contributed by atoms with Gasteiger partial charge in [-0.15, -0.1) is 0 Å². The van der Waals surface area contributed by atoms with Gasteiger partial charge in [0.05, 0.1) is 22.6 Å². The van der Waals surface area contributed by atoms with Crippen molar-refractivity contribution in [1.82, 2.24) is 15.1 Å². The lowest BCUT2D eigenvalue weighted by molar-refractivity contribution is 0.0948. The number of carbonyl (C=O) groups is 1. The Kier molecular flexibility index (Phi) is 5.19. The van der Waals surface area contributed by atoms with Crippen molar-refractivity contribution in [3.8, 4) is 5.69 Å². The van der Waals surface area contributed by atoms with E-state index in [2.05, 4.69) is 33.0 Å². The molecule has 3 rings (SSSR count). The predicted octanol–water partition coefficient (Wildman–Crippen LogP) is 4.74. The first-order valence-electron chi connectivity index (χ1n) is 9.05. The standard InChI is InChI=1S/C20H26ClN3O/c1-12(2)11-17-18(20(25)22-15-7-8-15)19(13(3)4)24(23-17)16-9-5-14(21)6-10-16/h5-6,9-10,12-13,15H,7-8,11H2,1-4H3,(H,22,25). The molecule has 0 unspecified atom stereocenters. The predicted molar refractivity (Wildman–Crippen MR) is 102 cm³/mol. The van der Waals surface area contributed by atoms with Gasteiger partial charge in [-0.1, -0.05) is 39.3 Å². The second-order valence-corrected chi connectivity index (χ2v) is 8.03. The molecule has 1 fully saturated rings. The lowest BCUT2D eigenvalue weighted by Crippen LogP contribution is -2.27. The monoisotopic (exact) mass is 359 g/mol. The van der Waals surface area contributed by atoms with E-state index in [0.29, 0.717) is 17.0 Å². The smallest absolute Gasteiger partial charge is 0.255 e. The summed E-state index contributed by atoms with van der Waals surface area (Å²) in [5, 5.41) is 8.66. The lowest BCUT2D eigenvalue weighted by Gasteiger charge is -2.13. The van der Waals surface area contributed by atoms with Crippen molar-refractivity contribution < 1.29 is 4.79 Å². The SMILES string of the molecule is CC(C)Cc1nn(-c2ccc(Cl)cc2)c(C(C)C)c1C(=O)NC1CC1. The van der Waals surface area contributed by atoms with Gasteiger partial charge < -0.3 is 5.32 Å². The quantitative estimate of drug-likeness (QED) is 0.809. The molecule has 1 aliphatic carbocycles. The van der Waals surface area contributed by atoms with Crippen LogP contribution in [-0.2, 0) is 6.42 Å². The molecule has 1 aromatic carbocycles. The second-order valence-electron chi connectivity index (χ2n) is 7.60. The van der Waals surface area contributed by atoms with Gasteiger partial charge in [0.2, 0.25) is 0 Å². The van der Waals surface area contributed by atoms with Gasteiger partial charge in [-0.05, 0) is 55.4 Å². The minimum atomic E-state index is 0.0158. The van der Waals surface area contributed by atoms with Crippen molar-refractivity contribution in [2.75, 3.05) is 0 Å². The van der Waals surface area contributed by atoms with E-state index in [9.17, 15) is 4.79 Å². The average Bonchev–Trinajstić information content (AvgIpc) is 3.26. The highest BCUT2D eigenvalue weighted by Crippen LogP contribution is 2.29. The molecule has 1 amide bonds. The highest BCUT2D eigenvalue weighted by atomic mass is 35.5. The molecule has 0 saturated heterocycles. The number of benzene rings is 1. The summed E-state index contributed by atoms with van der Waals surface area (Å²) in [6.07, 6.45) is 2.94. The highest BCUT2D eigenvalue weighted by molar-refractivity contribution is 6.30. The Morgan fingerprint density at radius 1 is 1.24 bits per heavy atom. The fraction of sp³-hybridized carbons (Fsp3) is 0.500. The van der Waals surface area contributed by atoms with Gasteiger partial charge in [0.25, 0.3) is 5.91 Å². The van der Waals surface area contributed by atoms with Crippen molar-refractivity contribution >= 4 is 17.5 Å². The molecule has 1 aromatic heterocycles. The number of aromatic nitrogens is 2. The van der Waals surface area contributed by atoms with Crippen molar-refractivity contribution in [1.29, 1.82) is 0 Å². The van der Waals surface area contributed by atoms with Crippen LogP contribution < -0.4 is 5.32 Å². The van der Waals surface area contributed by atoms with Gasteiger partial charge in [0, 0.05) is 11.1 Å². The van der Waals surface area contributed by atoms with E-state index in [0.717, 1.165) is 41.9 Å². The molecular weight excluding hydrogens is 334 g/mol. The average molecular weight is 360 g/mol. The molecule has 4 nitrogen and oxygen atoms in total. The van der Waals surface area contributed by atoms with Gasteiger partial charge in [-0.2, -0.15) is 5.10 Å². The lowest BCUT2D eigenvalue weighted by atomic mass is 9.98. The maximum atomic E-state index is 12.9. The zero-order valence-electron chi connectivity index (χ0n) is 15.3. The summed E-state index contributed by atoms with van der Waals surface area (Å²) < 4.78 is 1.92. The van der Waals surface area contributed by atoms with Crippen LogP contribution >= 0.6 is 11.6 Å². The summed E-state index contributed by atoms with van der Waals surface area (Å²) in [5.74, 6) is 0.632. The number of halogens is 1. The Balaban J connectivity index is 2.11. The fourth-order valence-corrected chi connectivity index (χ4v) is 3.18. The Labute approximate surface area is 154 Å².